The molecule has 0 saturated heterocycles. The predicted octanol–water partition coefficient (Wildman–Crippen LogP) is 2.53. The first-order chi connectivity index (χ1) is 11.5. The van der Waals surface area contributed by atoms with Crippen LogP contribution in [0.15, 0.2) is 23.3 Å². The highest BCUT2D eigenvalue weighted by Gasteiger charge is 2.32. The van der Waals surface area contributed by atoms with Crippen LogP contribution in [-0.4, -0.2) is 41.9 Å². The van der Waals surface area contributed by atoms with Crippen molar-refractivity contribution < 1.29 is 19.4 Å². The Morgan fingerprint density at radius 1 is 1.33 bits per heavy atom. The molecule has 1 aliphatic carbocycles. The van der Waals surface area contributed by atoms with Crippen LogP contribution in [0.4, 0.5) is 0 Å². The van der Waals surface area contributed by atoms with Gasteiger partial charge in [-0.3, -0.25) is 9.59 Å². The van der Waals surface area contributed by atoms with Gasteiger partial charge in [0.25, 0.3) is 0 Å². The fourth-order valence-corrected chi connectivity index (χ4v) is 3.83. The molecule has 0 fully saturated rings. The number of rotatable bonds is 4. The summed E-state index contributed by atoms with van der Waals surface area (Å²) in [6.45, 7) is 2.63. The smallest absolute Gasteiger partial charge is 0.210 e. The number of aryl methyl sites for hydroxylation is 1. The van der Waals surface area contributed by atoms with Crippen molar-refractivity contribution in [1.29, 1.82) is 0 Å². The van der Waals surface area contributed by atoms with Gasteiger partial charge in [0, 0.05) is 19.4 Å². The van der Waals surface area contributed by atoms with Crippen LogP contribution in [0.3, 0.4) is 0 Å². The summed E-state index contributed by atoms with van der Waals surface area (Å²) in [4.78, 5) is 25.1. The molecule has 2 aliphatic rings. The Labute approximate surface area is 141 Å². The van der Waals surface area contributed by atoms with Crippen molar-refractivity contribution in [2.75, 3.05) is 13.7 Å². The molecular weight excluding hydrogens is 306 g/mol. The highest BCUT2D eigenvalue weighted by molar-refractivity contribution is 5.83. The van der Waals surface area contributed by atoms with E-state index in [0.717, 1.165) is 30.4 Å². The maximum absolute atomic E-state index is 11.7. The number of hydrogen-bond acceptors (Lipinski definition) is 4. The van der Waals surface area contributed by atoms with E-state index < -0.39 is 0 Å². The average Bonchev–Trinajstić information content (AvgIpc) is 2.57. The van der Waals surface area contributed by atoms with E-state index in [1.165, 1.54) is 18.3 Å². The van der Waals surface area contributed by atoms with E-state index in [0.29, 0.717) is 37.3 Å². The number of methoxy groups -OCH3 is 1. The molecule has 1 aromatic rings. The number of phenolic OH excluding ortho intramolecular Hbond substituents is 1. The van der Waals surface area contributed by atoms with Gasteiger partial charge in [-0.15, -0.1) is 0 Å². The van der Waals surface area contributed by atoms with Crippen LogP contribution in [0.2, 0.25) is 0 Å². The molecule has 1 amide bonds. The van der Waals surface area contributed by atoms with Crippen molar-refractivity contribution in [3.8, 4) is 11.5 Å². The number of aromatic hydroxyl groups is 1. The zero-order chi connectivity index (χ0) is 17.3. The second kappa shape index (κ2) is 6.67. The number of carbonyl (C=O) groups is 2. The third-order valence-electron chi connectivity index (χ3n) is 5.20. The van der Waals surface area contributed by atoms with Crippen molar-refractivity contribution in [3.05, 3.63) is 34.4 Å². The second-order valence-electron chi connectivity index (χ2n) is 6.61. The first kappa shape index (κ1) is 16.6. The molecule has 0 saturated carbocycles. The molecule has 24 heavy (non-hydrogen) atoms. The van der Waals surface area contributed by atoms with Crippen LogP contribution in [0.1, 0.15) is 36.8 Å². The Bertz CT molecular complexity index is 708. The minimum absolute atomic E-state index is 0.0224. The van der Waals surface area contributed by atoms with Gasteiger partial charge in [-0.2, -0.15) is 0 Å². The number of ketones is 1. The summed E-state index contributed by atoms with van der Waals surface area (Å²) in [6.07, 6.45) is 4.19. The van der Waals surface area contributed by atoms with Crippen molar-refractivity contribution in [1.82, 2.24) is 4.90 Å². The van der Waals surface area contributed by atoms with Gasteiger partial charge in [0.05, 0.1) is 13.2 Å². The number of ether oxygens (including phenoxy) is 1. The van der Waals surface area contributed by atoms with Crippen molar-refractivity contribution in [2.45, 2.75) is 45.1 Å². The maximum Gasteiger partial charge on any atom is 0.210 e. The predicted molar refractivity (Wildman–Crippen MR) is 90.2 cm³/mol. The average molecular weight is 329 g/mol. The molecule has 5 nitrogen and oxygen atoms in total. The number of amides is 1. The molecule has 3 rings (SSSR count). The number of hydrogen-bond donors (Lipinski definition) is 1. The van der Waals surface area contributed by atoms with E-state index >= 15 is 0 Å². The summed E-state index contributed by atoms with van der Waals surface area (Å²) in [5.41, 5.74) is 4.47. The van der Waals surface area contributed by atoms with Crippen molar-refractivity contribution in [2.24, 2.45) is 0 Å². The molecule has 1 aromatic carbocycles. The van der Waals surface area contributed by atoms with Crippen LogP contribution < -0.4 is 4.74 Å². The van der Waals surface area contributed by atoms with E-state index in [-0.39, 0.29) is 11.8 Å². The SMILES string of the molecule is COc1cc(C)c(CC2C3=C(CCN2C=O)CC(=O)CC3)cc1O. The lowest BCUT2D eigenvalue weighted by atomic mass is 9.80. The Morgan fingerprint density at radius 3 is 2.83 bits per heavy atom. The largest absolute Gasteiger partial charge is 0.504 e. The maximum atomic E-state index is 11.7. The number of nitrogens with zero attached hydrogens (tertiary/aromatic N) is 1. The molecule has 1 atom stereocenters. The van der Waals surface area contributed by atoms with Crippen LogP contribution in [0, 0.1) is 6.92 Å². The summed E-state index contributed by atoms with van der Waals surface area (Å²) in [5.74, 6) is 0.861. The lowest BCUT2D eigenvalue weighted by molar-refractivity contribution is -0.120. The third kappa shape index (κ3) is 3.03. The molecule has 1 aliphatic heterocycles. The minimum Gasteiger partial charge on any atom is -0.504 e. The zero-order valence-electron chi connectivity index (χ0n) is 14.2. The zero-order valence-corrected chi connectivity index (χ0v) is 14.2. The van der Waals surface area contributed by atoms with Crippen LogP contribution in [-0.2, 0) is 16.0 Å². The summed E-state index contributed by atoms with van der Waals surface area (Å²) in [5, 5.41) is 10.1. The Kier molecular flexibility index (Phi) is 4.60. The van der Waals surface area contributed by atoms with Crippen LogP contribution in [0.25, 0.3) is 0 Å². The van der Waals surface area contributed by atoms with E-state index in [9.17, 15) is 14.7 Å². The summed E-state index contributed by atoms with van der Waals surface area (Å²) < 4.78 is 5.15. The highest BCUT2D eigenvalue weighted by atomic mass is 16.5. The number of phenols is 1. The quantitative estimate of drug-likeness (QED) is 0.681. The molecule has 0 aromatic heterocycles. The van der Waals surface area contributed by atoms with Gasteiger partial charge in [-0.1, -0.05) is 5.57 Å². The van der Waals surface area contributed by atoms with Crippen molar-refractivity contribution >= 4 is 12.2 Å². The van der Waals surface area contributed by atoms with Gasteiger partial charge in [0.2, 0.25) is 6.41 Å². The second-order valence-corrected chi connectivity index (χ2v) is 6.61. The Balaban J connectivity index is 1.94. The van der Waals surface area contributed by atoms with E-state index in [1.807, 2.05) is 17.9 Å². The molecule has 1 N–H and O–H groups in total. The monoisotopic (exact) mass is 329 g/mol. The van der Waals surface area contributed by atoms with E-state index in [1.54, 1.807) is 6.07 Å². The van der Waals surface area contributed by atoms with Gasteiger partial charge in [0.1, 0.15) is 5.78 Å². The van der Waals surface area contributed by atoms with Gasteiger partial charge in [-0.05, 0) is 55.0 Å². The lowest BCUT2D eigenvalue weighted by Gasteiger charge is -2.39. The third-order valence-corrected chi connectivity index (χ3v) is 5.20. The van der Waals surface area contributed by atoms with Gasteiger partial charge < -0.3 is 14.7 Å². The first-order valence-corrected chi connectivity index (χ1v) is 8.33. The topological polar surface area (TPSA) is 66.8 Å². The Hall–Kier alpha value is -2.30. The number of benzene rings is 1. The molecule has 0 radical (unpaired) electrons. The lowest BCUT2D eigenvalue weighted by Crippen LogP contribution is -2.43. The molecule has 1 unspecified atom stereocenters. The molecule has 5 heteroatoms. The first-order valence-electron chi connectivity index (χ1n) is 8.33. The standard InChI is InChI=1S/C19H23NO4/c1-12-7-19(24-2)18(23)10-14(12)9-17-16-4-3-15(22)8-13(16)5-6-20(17)11-21/h7,10-11,17,23H,3-6,8-9H2,1-2H3. The molecule has 0 spiro atoms. The van der Waals surface area contributed by atoms with E-state index in [2.05, 4.69) is 0 Å². The van der Waals surface area contributed by atoms with Crippen LogP contribution in [0.5, 0.6) is 11.5 Å². The van der Waals surface area contributed by atoms with Gasteiger partial charge in [0.15, 0.2) is 11.5 Å². The molecular formula is C19H23NO4. The number of Topliss-reactive ketones (excluding diaryl/α,β-unsaturated/α-hetero) is 1. The number of carbonyl (C=O) groups excluding carboxylic acids is 2. The normalized spacial score (nSPS) is 20.8. The molecule has 128 valence electrons. The molecule has 1 heterocycles. The Morgan fingerprint density at radius 2 is 2.12 bits per heavy atom. The van der Waals surface area contributed by atoms with Crippen LogP contribution >= 0.6 is 0 Å². The summed E-state index contributed by atoms with van der Waals surface area (Å²) >= 11 is 0. The van der Waals surface area contributed by atoms with Gasteiger partial charge >= 0.3 is 0 Å². The van der Waals surface area contributed by atoms with Crippen molar-refractivity contribution in [3.63, 3.8) is 0 Å². The highest BCUT2D eigenvalue weighted by Crippen LogP contribution is 2.36. The summed E-state index contributed by atoms with van der Waals surface area (Å²) in [7, 11) is 1.53. The fourth-order valence-electron chi connectivity index (χ4n) is 3.83. The molecule has 0 bridgehead atoms. The van der Waals surface area contributed by atoms with E-state index in [4.69, 9.17) is 4.74 Å². The van der Waals surface area contributed by atoms with Gasteiger partial charge in [-0.25, -0.2) is 0 Å². The summed E-state index contributed by atoms with van der Waals surface area (Å²) in [6, 6.07) is 3.52. The minimum atomic E-state index is -0.0224. The fraction of sp³-hybridized carbons (Fsp3) is 0.474.